The number of likely N-dealkylation sites (N-methyl/N-ethyl adjacent to an activating group) is 2. The average molecular weight is 203 g/mol. The van der Waals surface area contributed by atoms with Gasteiger partial charge in [-0.1, -0.05) is 0 Å². The molecule has 0 rings (SSSR count). The molecule has 2 N–H and O–H groups in total. The first-order chi connectivity index (χ1) is 6.70. The second-order valence-electron chi connectivity index (χ2n) is 3.18. The van der Waals surface area contributed by atoms with Crippen molar-refractivity contribution in [2.45, 2.75) is 0 Å². The molecular formula is C9H21N3O2. The maximum Gasteiger partial charge on any atom is 0.234 e. The van der Waals surface area contributed by atoms with E-state index in [2.05, 4.69) is 10.6 Å². The van der Waals surface area contributed by atoms with Crippen molar-refractivity contribution in [3.05, 3.63) is 0 Å². The van der Waals surface area contributed by atoms with Gasteiger partial charge in [0.05, 0.1) is 13.2 Å². The third-order valence-electron chi connectivity index (χ3n) is 1.79. The molecule has 0 saturated heterocycles. The average Bonchev–Trinajstić information content (AvgIpc) is 2.15. The Bertz CT molecular complexity index is 153. The number of hydrogen-bond acceptors (Lipinski definition) is 4. The van der Waals surface area contributed by atoms with Gasteiger partial charge in [0, 0.05) is 26.7 Å². The molecule has 0 aliphatic heterocycles. The van der Waals surface area contributed by atoms with Crippen molar-refractivity contribution in [3.63, 3.8) is 0 Å². The number of amides is 1. The summed E-state index contributed by atoms with van der Waals surface area (Å²) in [5, 5.41) is 5.80. The number of nitrogens with one attached hydrogen (secondary N) is 2. The first kappa shape index (κ1) is 13.4. The third kappa shape index (κ3) is 7.97. The molecule has 0 radical (unpaired) electrons. The number of nitrogens with zero attached hydrogens (tertiary/aromatic N) is 1. The van der Waals surface area contributed by atoms with Gasteiger partial charge in [-0.25, -0.2) is 0 Å². The van der Waals surface area contributed by atoms with Crippen LogP contribution in [0.5, 0.6) is 0 Å². The zero-order chi connectivity index (χ0) is 10.8. The number of ether oxygens (including phenoxy) is 1. The standard InChI is InChI=1S/C9H21N3O2/c1-10-4-6-12(2)8-9(13)11-5-7-14-3/h10H,4-8H2,1-3H3,(H,11,13). The van der Waals surface area contributed by atoms with Crippen molar-refractivity contribution in [2.24, 2.45) is 0 Å². The molecule has 0 aromatic heterocycles. The fourth-order valence-electron chi connectivity index (χ4n) is 0.975. The lowest BCUT2D eigenvalue weighted by Crippen LogP contribution is -2.38. The zero-order valence-electron chi connectivity index (χ0n) is 9.30. The summed E-state index contributed by atoms with van der Waals surface area (Å²) < 4.78 is 4.82. The van der Waals surface area contributed by atoms with Crippen LogP contribution in [0.4, 0.5) is 0 Å². The number of rotatable bonds is 8. The van der Waals surface area contributed by atoms with E-state index in [1.807, 2.05) is 19.0 Å². The van der Waals surface area contributed by atoms with Gasteiger partial charge in [-0.15, -0.1) is 0 Å². The fourth-order valence-corrected chi connectivity index (χ4v) is 0.975. The van der Waals surface area contributed by atoms with Gasteiger partial charge in [0.25, 0.3) is 0 Å². The largest absolute Gasteiger partial charge is 0.383 e. The second-order valence-corrected chi connectivity index (χ2v) is 3.18. The van der Waals surface area contributed by atoms with E-state index in [1.54, 1.807) is 7.11 Å². The van der Waals surface area contributed by atoms with Gasteiger partial charge in [0.15, 0.2) is 0 Å². The quantitative estimate of drug-likeness (QED) is 0.492. The highest BCUT2D eigenvalue weighted by molar-refractivity contribution is 5.77. The van der Waals surface area contributed by atoms with Crippen LogP contribution in [-0.4, -0.2) is 64.8 Å². The Labute approximate surface area is 85.8 Å². The van der Waals surface area contributed by atoms with E-state index in [4.69, 9.17) is 4.74 Å². The van der Waals surface area contributed by atoms with Gasteiger partial charge >= 0.3 is 0 Å². The molecular weight excluding hydrogens is 182 g/mol. The minimum atomic E-state index is 0.0423. The number of hydrogen-bond donors (Lipinski definition) is 2. The van der Waals surface area contributed by atoms with E-state index in [0.29, 0.717) is 19.7 Å². The van der Waals surface area contributed by atoms with Crippen LogP contribution in [-0.2, 0) is 9.53 Å². The monoisotopic (exact) mass is 203 g/mol. The molecule has 14 heavy (non-hydrogen) atoms. The predicted molar refractivity (Wildman–Crippen MR) is 56.3 cm³/mol. The van der Waals surface area contributed by atoms with Gasteiger partial charge in [-0.2, -0.15) is 0 Å². The molecule has 0 bridgehead atoms. The topological polar surface area (TPSA) is 53.6 Å². The summed E-state index contributed by atoms with van der Waals surface area (Å²) in [7, 11) is 5.44. The molecule has 0 heterocycles. The molecule has 5 heteroatoms. The number of carbonyl (C=O) groups excluding carboxylic acids is 1. The molecule has 0 fully saturated rings. The molecule has 5 nitrogen and oxygen atoms in total. The maximum absolute atomic E-state index is 11.3. The molecule has 0 aliphatic rings. The summed E-state index contributed by atoms with van der Waals surface area (Å²) in [4.78, 5) is 13.2. The Morgan fingerprint density at radius 3 is 2.71 bits per heavy atom. The van der Waals surface area contributed by atoms with Crippen LogP contribution >= 0.6 is 0 Å². The summed E-state index contributed by atoms with van der Waals surface area (Å²) in [5.41, 5.74) is 0. The Morgan fingerprint density at radius 1 is 1.43 bits per heavy atom. The van der Waals surface area contributed by atoms with Crippen molar-refractivity contribution < 1.29 is 9.53 Å². The van der Waals surface area contributed by atoms with Crippen LogP contribution < -0.4 is 10.6 Å². The highest BCUT2D eigenvalue weighted by Crippen LogP contribution is 1.80. The van der Waals surface area contributed by atoms with Crippen LogP contribution in [0.2, 0.25) is 0 Å². The molecule has 0 unspecified atom stereocenters. The molecule has 0 spiro atoms. The summed E-state index contributed by atoms with van der Waals surface area (Å²) in [6.07, 6.45) is 0. The maximum atomic E-state index is 11.3. The van der Waals surface area contributed by atoms with Crippen molar-refractivity contribution in [2.75, 3.05) is 54.0 Å². The number of methoxy groups -OCH3 is 1. The van der Waals surface area contributed by atoms with Crippen molar-refractivity contribution in [3.8, 4) is 0 Å². The summed E-state index contributed by atoms with van der Waals surface area (Å²) >= 11 is 0. The minimum Gasteiger partial charge on any atom is -0.383 e. The van der Waals surface area contributed by atoms with Gasteiger partial charge < -0.3 is 15.4 Å². The van der Waals surface area contributed by atoms with E-state index in [9.17, 15) is 4.79 Å². The summed E-state index contributed by atoms with van der Waals surface area (Å²) in [6, 6.07) is 0. The Morgan fingerprint density at radius 2 is 2.14 bits per heavy atom. The SMILES string of the molecule is CNCCN(C)CC(=O)NCCOC. The highest BCUT2D eigenvalue weighted by atomic mass is 16.5. The lowest BCUT2D eigenvalue weighted by Gasteiger charge is -2.15. The fraction of sp³-hybridized carbons (Fsp3) is 0.889. The predicted octanol–water partition coefficient (Wildman–Crippen LogP) is -1.10. The molecule has 0 aliphatic carbocycles. The first-order valence-electron chi connectivity index (χ1n) is 4.79. The smallest absolute Gasteiger partial charge is 0.234 e. The number of carbonyl (C=O) groups is 1. The van der Waals surface area contributed by atoms with Crippen molar-refractivity contribution >= 4 is 5.91 Å². The zero-order valence-corrected chi connectivity index (χ0v) is 9.30. The molecule has 0 aromatic rings. The van der Waals surface area contributed by atoms with Gasteiger partial charge in [-0.3, -0.25) is 9.69 Å². The second kappa shape index (κ2) is 8.93. The third-order valence-corrected chi connectivity index (χ3v) is 1.79. The minimum absolute atomic E-state index is 0.0423. The lowest BCUT2D eigenvalue weighted by molar-refractivity contribution is -0.122. The molecule has 0 saturated carbocycles. The van der Waals surface area contributed by atoms with E-state index in [0.717, 1.165) is 13.1 Å². The van der Waals surface area contributed by atoms with Gasteiger partial charge in [0.1, 0.15) is 0 Å². The molecule has 0 aromatic carbocycles. The molecule has 84 valence electrons. The molecule has 1 amide bonds. The van der Waals surface area contributed by atoms with E-state index in [-0.39, 0.29) is 5.91 Å². The van der Waals surface area contributed by atoms with Gasteiger partial charge in [0.2, 0.25) is 5.91 Å². The van der Waals surface area contributed by atoms with E-state index in [1.165, 1.54) is 0 Å². The van der Waals surface area contributed by atoms with E-state index >= 15 is 0 Å². The normalized spacial score (nSPS) is 10.6. The Balaban J connectivity index is 3.40. The lowest BCUT2D eigenvalue weighted by atomic mass is 10.4. The highest BCUT2D eigenvalue weighted by Gasteiger charge is 2.04. The van der Waals surface area contributed by atoms with E-state index < -0.39 is 0 Å². The molecule has 0 atom stereocenters. The van der Waals surface area contributed by atoms with Crippen molar-refractivity contribution in [1.29, 1.82) is 0 Å². The Kier molecular flexibility index (Phi) is 8.51. The summed E-state index contributed by atoms with van der Waals surface area (Å²) in [6.45, 7) is 3.34. The van der Waals surface area contributed by atoms with Gasteiger partial charge in [-0.05, 0) is 14.1 Å². The van der Waals surface area contributed by atoms with Crippen LogP contribution in [0.1, 0.15) is 0 Å². The van der Waals surface area contributed by atoms with Crippen LogP contribution in [0.15, 0.2) is 0 Å². The Hall–Kier alpha value is -0.650. The van der Waals surface area contributed by atoms with Crippen LogP contribution in [0.25, 0.3) is 0 Å². The van der Waals surface area contributed by atoms with Crippen LogP contribution in [0.3, 0.4) is 0 Å². The summed E-state index contributed by atoms with van der Waals surface area (Å²) in [5.74, 6) is 0.0423. The van der Waals surface area contributed by atoms with Crippen LogP contribution in [0, 0.1) is 0 Å². The first-order valence-corrected chi connectivity index (χ1v) is 4.79. The van der Waals surface area contributed by atoms with Crippen molar-refractivity contribution in [1.82, 2.24) is 15.5 Å².